The van der Waals surface area contributed by atoms with Gasteiger partial charge in [0.05, 0.1) is 13.2 Å². The molecular weight excluding hydrogens is 388 g/mol. The van der Waals surface area contributed by atoms with Crippen LogP contribution in [0.1, 0.15) is 36.9 Å². The maximum absolute atomic E-state index is 12.6. The SMILES string of the molecule is COc1ccc(C(CNC(=O)C(C)Oc2ccc(Cl)c(C)c2)N2CCCC2)cc1. The molecule has 3 rings (SSSR count). The van der Waals surface area contributed by atoms with E-state index in [9.17, 15) is 4.79 Å². The lowest BCUT2D eigenvalue weighted by Crippen LogP contribution is -2.42. The van der Waals surface area contributed by atoms with Crippen molar-refractivity contribution in [3.05, 3.63) is 58.6 Å². The summed E-state index contributed by atoms with van der Waals surface area (Å²) < 4.78 is 11.1. The summed E-state index contributed by atoms with van der Waals surface area (Å²) in [6, 6.07) is 13.6. The summed E-state index contributed by atoms with van der Waals surface area (Å²) in [4.78, 5) is 15.1. The normalized spacial score (nSPS) is 16.3. The van der Waals surface area contributed by atoms with Crippen LogP contribution in [-0.2, 0) is 4.79 Å². The predicted molar refractivity (Wildman–Crippen MR) is 116 cm³/mol. The highest BCUT2D eigenvalue weighted by molar-refractivity contribution is 6.31. The third-order valence-electron chi connectivity index (χ3n) is 5.36. The van der Waals surface area contributed by atoms with Crippen molar-refractivity contribution >= 4 is 17.5 Å². The second-order valence-corrected chi connectivity index (χ2v) is 7.86. The molecule has 2 aromatic carbocycles. The van der Waals surface area contributed by atoms with Gasteiger partial charge in [0.25, 0.3) is 5.91 Å². The molecule has 1 fully saturated rings. The van der Waals surface area contributed by atoms with Gasteiger partial charge in [0.2, 0.25) is 0 Å². The molecule has 0 bridgehead atoms. The quantitative estimate of drug-likeness (QED) is 0.693. The Kier molecular flexibility index (Phi) is 7.40. The van der Waals surface area contributed by atoms with Crippen molar-refractivity contribution in [2.24, 2.45) is 0 Å². The van der Waals surface area contributed by atoms with Crippen molar-refractivity contribution in [2.75, 3.05) is 26.7 Å². The van der Waals surface area contributed by atoms with Crippen molar-refractivity contribution in [3.8, 4) is 11.5 Å². The molecule has 1 aliphatic heterocycles. The molecule has 0 radical (unpaired) electrons. The maximum Gasteiger partial charge on any atom is 0.260 e. The van der Waals surface area contributed by atoms with Crippen LogP contribution in [0.3, 0.4) is 0 Å². The Balaban J connectivity index is 1.62. The lowest BCUT2D eigenvalue weighted by atomic mass is 10.1. The minimum Gasteiger partial charge on any atom is -0.497 e. The van der Waals surface area contributed by atoms with Crippen LogP contribution in [0, 0.1) is 6.92 Å². The van der Waals surface area contributed by atoms with E-state index >= 15 is 0 Å². The van der Waals surface area contributed by atoms with Gasteiger partial charge in [-0.2, -0.15) is 0 Å². The minimum absolute atomic E-state index is 0.129. The van der Waals surface area contributed by atoms with Crippen LogP contribution in [0.25, 0.3) is 0 Å². The fourth-order valence-corrected chi connectivity index (χ4v) is 3.74. The summed E-state index contributed by atoms with van der Waals surface area (Å²) in [6.07, 6.45) is 1.79. The van der Waals surface area contributed by atoms with E-state index in [4.69, 9.17) is 21.1 Å². The molecule has 1 N–H and O–H groups in total. The third kappa shape index (κ3) is 5.64. The van der Waals surface area contributed by atoms with Gasteiger partial charge in [0.1, 0.15) is 11.5 Å². The van der Waals surface area contributed by atoms with Gasteiger partial charge in [0, 0.05) is 11.6 Å². The molecule has 0 spiro atoms. The Morgan fingerprint density at radius 3 is 2.41 bits per heavy atom. The van der Waals surface area contributed by atoms with Gasteiger partial charge in [-0.1, -0.05) is 23.7 Å². The molecule has 5 nitrogen and oxygen atoms in total. The molecule has 0 aliphatic carbocycles. The number of carbonyl (C=O) groups is 1. The van der Waals surface area contributed by atoms with E-state index in [1.165, 1.54) is 18.4 Å². The summed E-state index contributed by atoms with van der Waals surface area (Å²) in [5.41, 5.74) is 2.10. The minimum atomic E-state index is -0.592. The second-order valence-electron chi connectivity index (χ2n) is 7.45. The molecule has 1 amide bonds. The largest absolute Gasteiger partial charge is 0.497 e. The van der Waals surface area contributed by atoms with Crippen molar-refractivity contribution in [3.63, 3.8) is 0 Å². The van der Waals surface area contributed by atoms with Gasteiger partial charge in [-0.25, -0.2) is 0 Å². The lowest BCUT2D eigenvalue weighted by molar-refractivity contribution is -0.127. The number of carbonyl (C=O) groups excluding carboxylic acids is 1. The van der Waals surface area contributed by atoms with E-state index in [0.29, 0.717) is 17.3 Å². The molecule has 156 valence electrons. The number of benzene rings is 2. The van der Waals surface area contributed by atoms with Crippen LogP contribution in [0.4, 0.5) is 0 Å². The van der Waals surface area contributed by atoms with Crippen LogP contribution in [-0.4, -0.2) is 43.7 Å². The van der Waals surface area contributed by atoms with Gasteiger partial charge in [-0.3, -0.25) is 9.69 Å². The number of aryl methyl sites for hydroxylation is 1. The Morgan fingerprint density at radius 1 is 1.14 bits per heavy atom. The van der Waals surface area contributed by atoms with Crippen LogP contribution in [0.15, 0.2) is 42.5 Å². The van der Waals surface area contributed by atoms with Crippen molar-refractivity contribution in [1.82, 2.24) is 10.2 Å². The molecule has 0 saturated carbocycles. The number of nitrogens with one attached hydrogen (secondary N) is 1. The standard InChI is InChI=1S/C23H29ClN2O3/c1-16-14-20(10-11-21(16)24)29-17(2)23(27)25-15-22(26-12-4-5-13-26)18-6-8-19(28-3)9-7-18/h6-11,14,17,22H,4-5,12-13,15H2,1-3H3,(H,25,27). The van der Waals surface area contributed by atoms with E-state index in [-0.39, 0.29) is 11.9 Å². The summed E-state index contributed by atoms with van der Waals surface area (Å²) >= 11 is 6.06. The van der Waals surface area contributed by atoms with Crippen molar-refractivity contribution in [1.29, 1.82) is 0 Å². The molecule has 2 atom stereocenters. The van der Waals surface area contributed by atoms with E-state index in [2.05, 4.69) is 22.3 Å². The second kappa shape index (κ2) is 9.99. The van der Waals surface area contributed by atoms with Crippen molar-refractivity contribution < 1.29 is 14.3 Å². The topological polar surface area (TPSA) is 50.8 Å². The fourth-order valence-electron chi connectivity index (χ4n) is 3.63. The number of nitrogens with zero attached hydrogens (tertiary/aromatic N) is 1. The molecule has 1 heterocycles. The van der Waals surface area contributed by atoms with E-state index in [1.807, 2.05) is 25.1 Å². The number of amides is 1. The number of hydrogen-bond donors (Lipinski definition) is 1. The Labute approximate surface area is 177 Å². The predicted octanol–water partition coefficient (Wildman–Crippen LogP) is 4.38. The van der Waals surface area contributed by atoms with Gasteiger partial charge < -0.3 is 14.8 Å². The molecular formula is C23H29ClN2O3. The average molecular weight is 417 g/mol. The lowest BCUT2D eigenvalue weighted by Gasteiger charge is -2.29. The Morgan fingerprint density at radius 2 is 1.79 bits per heavy atom. The molecule has 6 heteroatoms. The zero-order valence-corrected chi connectivity index (χ0v) is 18.0. The average Bonchev–Trinajstić information content (AvgIpc) is 3.25. The Hall–Kier alpha value is -2.24. The van der Waals surface area contributed by atoms with Gasteiger partial charge in [-0.15, -0.1) is 0 Å². The highest BCUT2D eigenvalue weighted by atomic mass is 35.5. The first-order valence-corrected chi connectivity index (χ1v) is 10.4. The monoisotopic (exact) mass is 416 g/mol. The maximum atomic E-state index is 12.6. The summed E-state index contributed by atoms with van der Waals surface area (Å²) in [6.45, 7) is 6.30. The smallest absolute Gasteiger partial charge is 0.260 e. The zero-order chi connectivity index (χ0) is 20.8. The van der Waals surface area contributed by atoms with Gasteiger partial charge in [0.15, 0.2) is 6.10 Å². The molecule has 1 aliphatic rings. The van der Waals surface area contributed by atoms with E-state index < -0.39 is 6.10 Å². The number of rotatable bonds is 8. The van der Waals surface area contributed by atoms with Crippen LogP contribution < -0.4 is 14.8 Å². The number of halogens is 1. The summed E-state index contributed by atoms with van der Waals surface area (Å²) in [5, 5.41) is 3.75. The van der Waals surface area contributed by atoms with Crippen LogP contribution >= 0.6 is 11.6 Å². The summed E-state index contributed by atoms with van der Waals surface area (Å²) in [5.74, 6) is 1.34. The number of methoxy groups -OCH3 is 1. The zero-order valence-electron chi connectivity index (χ0n) is 17.3. The van der Waals surface area contributed by atoms with Crippen LogP contribution in [0.2, 0.25) is 5.02 Å². The Bertz CT molecular complexity index is 819. The first-order chi connectivity index (χ1) is 14.0. The first kappa shape index (κ1) is 21.5. The summed E-state index contributed by atoms with van der Waals surface area (Å²) in [7, 11) is 1.66. The van der Waals surface area contributed by atoms with Gasteiger partial charge in [-0.05, 0) is 81.2 Å². The first-order valence-electron chi connectivity index (χ1n) is 10.1. The third-order valence-corrected chi connectivity index (χ3v) is 5.79. The highest BCUT2D eigenvalue weighted by Crippen LogP contribution is 2.26. The van der Waals surface area contributed by atoms with Crippen molar-refractivity contribution in [2.45, 2.75) is 38.8 Å². The van der Waals surface area contributed by atoms with E-state index in [0.717, 1.165) is 24.4 Å². The van der Waals surface area contributed by atoms with Gasteiger partial charge >= 0.3 is 0 Å². The molecule has 1 saturated heterocycles. The van der Waals surface area contributed by atoms with Crippen LogP contribution in [0.5, 0.6) is 11.5 Å². The number of hydrogen-bond acceptors (Lipinski definition) is 4. The number of likely N-dealkylation sites (tertiary alicyclic amines) is 1. The fraction of sp³-hybridized carbons (Fsp3) is 0.435. The molecule has 2 unspecified atom stereocenters. The molecule has 0 aromatic heterocycles. The number of ether oxygens (including phenoxy) is 2. The van der Waals surface area contributed by atoms with E-state index in [1.54, 1.807) is 26.2 Å². The molecule has 29 heavy (non-hydrogen) atoms. The highest BCUT2D eigenvalue weighted by Gasteiger charge is 2.25. The molecule has 2 aromatic rings.